The Balaban J connectivity index is 1.44. The Hall–Kier alpha value is -6.00. The third kappa shape index (κ3) is 9.52. The summed E-state index contributed by atoms with van der Waals surface area (Å²) in [5.41, 5.74) is 1.71. The van der Waals surface area contributed by atoms with Gasteiger partial charge in [0.05, 0.1) is 19.4 Å². The van der Waals surface area contributed by atoms with E-state index in [2.05, 4.69) is 41.9 Å². The highest BCUT2D eigenvalue weighted by molar-refractivity contribution is 6.38. The van der Waals surface area contributed by atoms with Crippen molar-refractivity contribution < 1.29 is 38.7 Å². The maximum Gasteiger partial charge on any atom is 0.305 e. The Morgan fingerprint density at radius 1 is 0.980 bits per heavy atom. The summed E-state index contributed by atoms with van der Waals surface area (Å²) in [4.78, 5) is 91.5. The number of amides is 5. The minimum Gasteiger partial charge on any atom is -0.481 e. The Morgan fingerprint density at radius 2 is 1.69 bits per heavy atom. The van der Waals surface area contributed by atoms with Gasteiger partial charge in [-0.2, -0.15) is 5.21 Å². The summed E-state index contributed by atoms with van der Waals surface area (Å²) in [7, 11) is 0. The molecule has 4 atom stereocenters. The lowest BCUT2D eigenvalue weighted by molar-refractivity contribution is -0.144. The lowest BCUT2D eigenvalue weighted by Gasteiger charge is -2.27. The number of hydrogen-bond acceptors (Lipinski definition) is 10. The average molecular weight is 676 g/mol. The molecule has 49 heavy (non-hydrogen) atoms. The third-order valence-electron chi connectivity index (χ3n) is 8.01. The predicted molar refractivity (Wildman–Crippen MR) is 171 cm³/mol. The van der Waals surface area contributed by atoms with E-state index >= 15 is 0 Å². The highest BCUT2D eigenvalue weighted by Crippen LogP contribution is 2.32. The number of carboxylic acids is 1. The van der Waals surface area contributed by atoms with Crippen LogP contribution in [0.4, 0.5) is 5.69 Å². The number of aromatic amines is 1. The highest BCUT2D eigenvalue weighted by atomic mass is 16.4. The van der Waals surface area contributed by atoms with Crippen molar-refractivity contribution in [3.63, 3.8) is 0 Å². The van der Waals surface area contributed by atoms with Crippen LogP contribution in [0.15, 0.2) is 54.6 Å². The van der Waals surface area contributed by atoms with E-state index in [0.717, 1.165) is 4.90 Å². The number of carboxylic acid groups (broad SMARTS) is 1. The van der Waals surface area contributed by atoms with E-state index in [0.29, 0.717) is 23.2 Å². The van der Waals surface area contributed by atoms with Crippen LogP contribution in [0.2, 0.25) is 0 Å². The molecular formula is C32H37N9O8. The van der Waals surface area contributed by atoms with Crippen molar-refractivity contribution in [2.75, 3.05) is 11.4 Å². The Labute approximate surface area is 280 Å². The summed E-state index contributed by atoms with van der Waals surface area (Å²) < 4.78 is 0. The number of nitrogens with zero attached hydrogens (tertiary/aromatic N) is 4. The summed E-state index contributed by atoms with van der Waals surface area (Å²) in [6.07, 6.45) is -0.548. The van der Waals surface area contributed by atoms with E-state index in [4.69, 9.17) is 0 Å². The van der Waals surface area contributed by atoms with Gasteiger partial charge in [0.2, 0.25) is 29.4 Å². The van der Waals surface area contributed by atoms with Gasteiger partial charge in [-0.3, -0.25) is 38.5 Å². The number of carbonyl (C=O) groups is 7. The summed E-state index contributed by atoms with van der Waals surface area (Å²) in [5, 5.41) is 32.5. The van der Waals surface area contributed by atoms with Gasteiger partial charge < -0.3 is 26.4 Å². The van der Waals surface area contributed by atoms with Gasteiger partial charge in [0.25, 0.3) is 5.91 Å². The second kappa shape index (κ2) is 16.7. The number of ketones is 1. The number of fused-ring (bicyclic) bond motifs is 1. The quantitative estimate of drug-likeness (QED) is 0.103. The van der Waals surface area contributed by atoms with E-state index < -0.39 is 72.4 Å². The second-order valence-electron chi connectivity index (χ2n) is 11.5. The van der Waals surface area contributed by atoms with Crippen LogP contribution in [-0.4, -0.2) is 91.7 Å². The average Bonchev–Trinajstić information content (AvgIpc) is 3.75. The number of anilines is 1. The Bertz CT molecular complexity index is 1680. The number of rotatable bonds is 16. The van der Waals surface area contributed by atoms with Gasteiger partial charge in [0.1, 0.15) is 18.1 Å². The predicted octanol–water partition coefficient (Wildman–Crippen LogP) is -0.808. The summed E-state index contributed by atoms with van der Waals surface area (Å²) in [6.45, 7) is 3.05. The van der Waals surface area contributed by atoms with Crippen LogP contribution in [0.25, 0.3) is 0 Å². The molecule has 1 unspecified atom stereocenters. The molecule has 3 aromatic rings. The fourth-order valence-electron chi connectivity index (χ4n) is 5.26. The SMILES string of the molecule is CC[C@H](C)[C@H](NC(=O)Cc1nn[nH]n1)C(=O)NCC(=O)N1c2ccccc2C[C@H]1C(=O)NC(CC(=O)O)C(=O)C(=O)NCc1ccccc1. The standard InChI is InChI=1S/C32H37N9O8/c1-3-18(2)28(36-25(42)15-24-37-39-40-38-24)31(48)34-17-26(43)41-22-12-8-7-11-20(22)13-23(41)30(47)35-21(14-27(44)45)29(46)32(49)33-16-19-9-5-4-6-10-19/h4-12,18,21,23,28H,3,13-17H2,1-2H3,(H,33,49)(H,34,48)(H,35,47)(H,36,42)(H,44,45)(H,37,38,39,40)/t18-,21?,23-,28-/m0/s1. The molecular weight excluding hydrogens is 638 g/mol. The number of para-hydroxylation sites is 1. The second-order valence-corrected chi connectivity index (χ2v) is 11.5. The Morgan fingerprint density at radius 3 is 2.37 bits per heavy atom. The van der Waals surface area contributed by atoms with Gasteiger partial charge >= 0.3 is 5.97 Å². The number of aliphatic carboxylic acids is 1. The molecule has 1 aliphatic heterocycles. The first-order valence-electron chi connectivity index (χ1n) is 15.6. The molecule has 5 amide bonds. The van der Waals surface area contributed by atoms with Crippen LogP contribution in [-0.2, 0) is 52.9 Å². The van der Waals surface area contributed by atoms with Crippen molar-refractivity contribution in [1.29, 1.82) is 0 Å². The molecule has 17 heteroatoms. The van der Waals surface area contributed by atoms with E-state index in [1.54, 1.807) is 61.5 Å². The molecule has 0 aliphatic carbocycles. The maximum absolute atomic E-state index is 13.6. The van der Waals surface area contributed by atoms with Crippen molar-refractivity contribution in [2.24, 2.45) is 5.92 Å². The first-order chi connectivity index (χ1) is 23.5. The van der Waals surface area contributed by atoms with E-state index in [1.807, 2.05) is 6.92 Å². The first-order valence-corrected chi connectivity index (χ1v) is 15.6. The molecule has 0 radical (unpaired) electrons. The van der Waals surface area contributed by atoms with Gasteiger partial charge in [0, 0.05) is 18.7 Å². The van der Waals surface area contributed by atoms with Crippen LogP contribution >= 0.6 is 0 Å². The summed E-state index contributed by atoms with van der Waals surface area (Å²) in [6, 6.07) is 11.5. The molecule has 17 nitrogen and oxygen atoms in total. The van der Waals surface area contributed by atoms with Crippen LogP contribution in [0.1, 0.15) is 43.6 Å². The molecule has 0 saturated carbocycles. The molecule has 2 aromatic carbocycles. The van der Waals surface area contributed by atoms with Crippen LogP contribution < -0.4 is 26.2 Å². The van der Waals surface area contributed by atoms with E-state index in [1.165, 1.54) is 0 Å². The number of benzene rings is 2. The minimum atomic E-state index is -1.71. The molecule has 1 aromatic heterocycles. The van der Waals surface area contributed by atoms with Crippen molar-refractivity contribution in [2.45, 2.75) is 64.2 Å². The van der Waals surface area contributed by atoms with Gasteiger partial charge in [-0.25, -0.2) is 0 Å². The number of aromatic nitrogens is 4. The van der Waals surface area contributed by atoms with Crippen molar-refractivity contribution >= 4 is 47.0 Å². The molecule has 258 valence electrons. The zero-order valence-electron chi connectivity index (χ0n) is 26.8. The third-order valence-corrected chi connectivity index (χ3v) is 8.01. The topological polar surface area (TPSA) is 246 Å². The normalized spacial score (nSPS) is 15.2. The lowest BCUT2D eigenvalue weighted by atomic mass is 9.98. The Kier molecular flexibility index (Phi) is 12.2. The summed E-state index contributed by atoms with van der Waals surface area (Å²) in [5.74, 6) is -6.56. The first kappa shape index (κ1) is 35.8. The monoisotopic (exact) mass is 675 g/mol. The maximum atomic E-state index is 13.6. The van der Waals surface area contributed by atoms with Crippen molar-refractivity contribution in [1.82, 2.24) is 41.9 Å². The molecule has 2 heterocycles. The lowest BCUT2D eigenvalue weighted by Crippen LogP contribution is -2.57. The fourth-order valence-corrected chi connectivity index (χ4v) is 5.26. The highest BCUT2D eigenvalue weighted by Gasteiger charge is 2.40. The minimum absolute atomic E-state index is 0.00542. The van der Waals surface area contributed by atoms with Gasteiger partial charge in [-0.05, 0) is 23.1 Å². The molecule has 0 bridgehead atoms. The largest absolute Gasteiger partial charge is 0.481 e. The number of nitrogens with one attached hydrogen (secondary N) is 5. The molecule has 0 fully saturated rings. The number of tetrazole rings is 1. The van der Waals surface area contributed by atoms with Gasteiger partial charge in [-0.15, -0.1) is 10.2 Å². The van der Waals surface area contributed by atoms with Crippen LogP contribution in [0.5, 0.6) is 0 Å². The summed E-state index contributed by atoms with van der Waals surface area (Å²) >= 11 is 0. The number of Topliss-reactive ketones (excluding diaryl/α,β-unsaturated/α-hetero) is 1. The molecule has 6 N–H and O–H groups in total. The van der Waals surface area contributed by atoms with Gasteiger partial charge in [0.15, 0.2) is 5.82 Å². The molecule has 0 saturated heterocycles. The van der Waals surface area contributed by atoms with Crippen LogP contribution in [0, 0.1) is 5.92 Å². The fraction of sp³-hybridized carbons (Fsp3) is 0.375. The zero-order chi connectivity index (χ0) is 35.5. The smallest absolute Gasteiger partial charge is 0.305 e. The van der Waals surface area contributed by atoms with E-state index in [9.17, 15) is 38.7 Å². The molecule has 0 spiro atoms. The van der Waals surface area contributed by atoms with Crippen molar-refractivity contribution in [3.05, 3.63) is 71.5 Å². The number of H-pyrrole nitrogens is 1. The van der Waals surface area contributed by atoms with E-state index in [-0.39, 0.29) is 31.1 Å². The molecule has 1 aliphatic rings. The van der Waals surface area contributed by atoms with Crippen LogP contribution in [0.3, 0.4) is 0 Å². The number of hydrogen-bond donors (Lipinski definition) is 6. The zero-order valence-corrected chi connectivity index (χ0v) is 26.8. The van der Waals surface area contributed by atoms with Crippen molar-refractivity contribution in [3.8, 4) is 0 Å². The number of carbonyl (C=O) groups excluding carboxylic acids is 6. The molecule has 4 rings (SSSR count). The van der Waals surface area contributed by atoms with Gasteiger partial charge in [-0.1, -0.05) is 74.0 Å².